The van der Waals surface area contributed by atoms with E-state index in [0.717, 1.165) is 31.5 Å². The van der Waals surface area contributed by atoms with Gasteiger partial charge in [-0.25, -0.2) is 25.5 Å². The van der Waals surface area contributed by atoms with Gasteiger partial charge >= 0.3 is 5.97 Å². The van der Waals surface area contributed by atoms with Crippen molar-refractivity contribution in [3.05, 3.63) is 24.0 Å². The van der Waals surface area contributed by atoms with Gasteiger partial charge in [-0.05, 0) is 18.2 Å². The van der Waals surface area contributed by atoms with Crippen LogP contribution in [0.15, 0.2) is 28.0 Å². The Bertz CT molecular complexity index is 757. The molecular formula is C11H14FNO6S2. The van der Waals surface area contributed by atoms with Gasteiger partial charge < -0.3 is 5.11 Å². The van der Waals surface area contributed by atoms with Crippen molar-refractivity contribution in [2.75, 3.05) is 19.8 Å². The summed E-state index contributed by atoms with van der Waals surface area (Å²) in [6.07, 6.45) is 0.411. The number of nitrogens with zero attached hydrogens (tertiary/aromatic N) is 1. The Labute approximate surface area is 122 Å². The Kier molecular flexibility index (Phi) is 5.07. The molecule has 0 bridgehead atoms. The average molecular weight is 339 g/mol. The van der Waals surface area contributed by atoms with Crippen molar-refractivity contribution in [1.82, 2.24) is 4.31 Å². The summed E-state index contributed by atoms with van der Waals surface area (Å²) in [6.45, 7) is -0.361. The number of hydrogen-bond acceptors (Lipinski definition) is 5. The third-order valence-electron chi connectivity index (χ3n) is 2.66. The standard InChI is InChI=1S/C11H14FNO6S2/c1-13(6-5-11(14)15)21(18,19)10-7-8(20(2,16)17)3-4-9(10)12/h3-4,7H,5-6H2,1-2H3,(H,14,15). The van der Waals surface area contributed by atoms with E-state index < -0.39 is 43.0 Å². The van der Waals surface area contributed by atoms with Crippen LogP contribution in [0.1, 0.15) is 6.42 Å². The van der Waals surface area contributed by atoms with Gasteiger partial charge in [0.1, 0.15) is 10.7 Å². The lowest BCUT2D eigenvalue weighted by molar-refractivity contribution is -0.137. The second kappa shape index (κ2) is 6.08. The first-order valence-corrected chi connectivity index (χ1v) is 8.97. The van der Waals surface area contributed by atoms with Gasteiger partial charge in [-0.15, -0.1) is 0 Å². The highest BCUT2D eigenvalue weighted by molar-refractivity contribution is 7.91. The first-order chi connectivity index (χ1) is 9.46. The van der Waals surface area contributed by atoms with Crippen molar-refractivity contribution in [1.29, 1.82) is 0 Å². The largest absolute Gasteiger partial charge is 0.481 e. The SMILES string of the molecule is CN(CCC(=O)O)S(=O)(=O)c1cc(S(C)(=O)=O)ccc1F. The Morgan fingerprint density at radius 3 is 2.33 bits per heavy atom. The third-order valence-corrected chi connectivity index (χ3v) is 5.64. The third kappa shape index (κ3) is 4.22. The van der Waals surface area contributed by atoms with E-state index >= 15 is 0 Å². The maximum atomic E-state index is 13.7. The fraction of sp³-hybridized carbons (Fsp3) is 0.364. The molecule has 1 N–H and O–H groups in total. The number of sulfone groups is 1. The van der Waals surface area contributed by atoms with E-state index in [1.165, 1.54) is 0 Å². The molecule has 0 radical (unpaired) electrons. The predicted molar refractivity (Wildman–Crippen MR) is 71.6 cm³/mol. The van der Waals surface area contributed by atoms with Gasteiger partial charge in [0.25, 0.3) is 0 Å². The Balaban J connectivity index is 3.28. The van der Waals surface area contributed by atoms with Crippen LogP contribution in [0.25, 0.3) is 0 Å². The van der Waals surface area contributed by atoms with Crippen molar-refractivity contribution < 1.29 is 31.1 Å². The fourth-order valence-corrected chi connectivity index (χ4v) is 3.43. The number of aliphatic carboxylic acids is 1. The molecule has 10 heteroatoms. The Morgan fingerprint density at radius 2 is 1.86 bits per heavy atom. The zero-order valence-electron chi connectivity index (χ0n) is 11.3. The first-order valence-electron chi connectivity index (χ1n) is 5.64. The molecule has 0 aliphatic carbocycles. The van der Waals surface area contributed by atoms with Crippen molar-refractivity contribution in [3.8, 4) is 0 Å². The summed E-state index contributed by atoms with van der Waals surface area (Å²) >= 11 is 0. The molecule has 0 aliphatic heterocycles. The zero-order chi connectivity index (χ0) is 16.4. The Hall–Kier alpha value is -1.52. The van der Waals surface area contributed by atoms with E-state index in [9.17, 15) is 26.0 Å². The molecule has 0 amide bonds. The number of hydrogen-bond donors (Lipinski definition) is 1. The Morgan fingerprint density at radius 1 is 1.29 bits per heavy atom. The number of carbonyl (C=O) groups is 1. The number of carboxylic acids is 1. The van der Waals surface area contributed by atoms with E-state index in [0.29, 0.717) is 4.31 Å². The van der Waals surface area contributed by atoms with E-state index in [-0.39, 0.29) is 11.4 Å². The molecule has 0 spiro atoms. The minimum absolute atomic E-state index is 0.339. The summed E-state index contributed by atoms with van der Waals surface area (Å²) in [5.41, 5.74) is 0. The van der Waals surface area contributed by atoms with Crippen molar-refractivity contribution in [3.63, 3.8) is 0 Å². The highest BCUT2D eigenvalue weighted by Crippen LogP contribution is 2.22. The molecule has 0 saturated heterocycles. The van der Waals surface area contributed by atoms with Gasteiger partial charge in [0, 0.05) is 19.8 Å². The first kappa shape index (κ1) is 17.5. The fourth-order valence-electron chi connectivity index (χ4n) is 1.45. The molecule has 7 nitrogen and oxygen atoms in total. The summed E-state index contributed by atoms with van der Waals surface area (Å²) in [5, 5.41) is 8.53. The van der Waals surface area contributed by atoms with Crippen LogP contribution in [0, 0.1) is 5.82 Å². The minimum Gasteiger partial charge on any atom is -0.481 e. The van der Waals surface area contributed by atoms with Gasteiger partial charge in [0.05, 0.1) is 11.3 Å². The van der Waals surface area contributed by atoms with Gasteiger partial charge in [-0.1, -0.05) is 0 Å². The van der Waals surface area contributed by atoms with Crippen molar-refractivity contribution in [2.24, 2.45) is 0 Å². The summed E-state index contributed by atoms with van der Waals surface area (Å²) in [6, 6.07) is 2.42. The molecule has 0 atom stereocenters. The van der Waals surface area contributed by atoms with Gasteiger partial charge in [-0.3, -0.25) is 4.79 Å². The molecule has 0 saturated carbocycles. The molecule has 21 heavy (non-hydrogen) atoms. The molecule has 0 fully saturated rings. The lowest BCUT2D eigenvalue weighted by atomic mass is 10.3. The molecular weight excluding hydrogens is 325 g/mol. The number of sulfonamides is 1. The van der Waals surface area contributed by atoms with E-state index in [1.54, 1.807) is 0 Å². The molecule has 1 rings (SSSR count). The highest BCUT2D eigenvalue weighted by atomic mass is 32.2. The van der Waals surface area contributed by atoms with E-state index in [4.69, 9.17) is 5.11 Å². The number of halogens is 1. The number of rotatable bonds is 6. The highest BCUT2D eigenvalue weighted by Gasteiger charge is 2.26. The van der Waals surface area contributed by atoms with E-state index in [2.05, 4.69) is 0 Å². The lowest BCUT2D eigenvalue weighted by Gasteiger charge is -2.17. The van der Waals surface area contributed by atoms with Crippen LogP contribution in [-0.2, 0) is 24.7 Å². The topological polar surface area (TPSA) is 109 Å². The summed E-state index contributed by atoms with van der Waals surface area (Å²) < 4.78 is 61.4. The second-order valence-electron chi connectivity index (χ2n) is 4.33. The van der Waals surface area contributed by atoms with Crippen molar-refractivity contribution in [2.45, 2.75) is 16.2 Å². The number of carboxylic acid groups (broad SMARTS) is 1. The summed E-state index contributed by atoms with van der Waals surface area (Å²) in [7, 11) is -6.93. The molecule has 0 aliphatic rings. The van der Waals surface area contributed by atoms with Crippen LogP contribution in [0.2, 0.25) is 0 Å². The maximum Gasteiger partial charge on any atom is 0.304 e. The molecule has 118 valence electrons. The smallest absolute Gasteiger partial charge is 0.304 e. The average Bonchev–Trinajstić information content (AvgIpc) is 2.34. The zero-order valence-corrected chi connectivity index (χ0v) is 12.9. The van der Waals surface area contributed by atoms with Crippen LogP contribution >= 0.6 is 0 Å². The normalized spacial score (nSPS) is 12.6. The summed E-state index contributed by atoms with van der Waals surface area (Å²) in [5.74, 6) is -2.31. The van der Waals surface area contributed by atoms with Crippen LogP contribution < -0.4 is 0 Å². The van der Waals surface area contributed by atoms with Crippen molar-refractivity contribution >= 4 is 25.8 Å². The van der Waals surface area contributed by atoms with Crippen LogP contribution in [0.5, 0.6) is 0 Å². The molecule has 0 heterocycles. The quantitative estimate of drug-likeness (QED) is 0.748. The predicted octanol–water partition coefficient (Wildman–Crippen LogP) is 0.324. The van der Waals surface area contributed by atoms with Crippen LogP contribution in [0.3, 0.4) is 0 Å². The van der Waals surface area contributed by atoms with Gasteiger partial charge in [0.2, 0.25) is 10.0 Å². The van der Waals surface area contributed by atoms with Gasteiger partial charge in [-0.2, -0.15) is 0 Å². The molecule has 1 aromatic rings. The molecule has 0 aromatic heterocycles. The minimum atomic E-state index is -4.32. The monoisotopic (exact) mass is 339 g/mol. The maximum absolute atomic E-state index is 13.7. The second-order valence-corrected chi connectivity index (χ2v) is 8.36. The van der Waals surface area contributed by atoms with E-state index in [1.807, 2.05) is 0 Å². The van der Waals surface area contributed by atoms with Crippen LogP contribution in [0.4, 0.5) is 4.39 Å². The molecule has 1 aromatic carbocycles. The van der Waals surface area contributed by atoms with Crippen LogP contribution in [-0.4, -0.2) is 52.1 Å². The molecule has 0 unspecified atom stereocenters. The summed E-state index contributed by atoms with van der Waals surface area (Å²) in [4.78, 5) is 9.30. The number of benzene rings is 1. The van der Waals surface area contributed by atoms with Gasteiger partial charge in [0.15, 0.2) is 9.84 Å². The lowest BCUT2D eigenvalue weighted by Crippen LogP contribution is -2.30.